The van der Waals surface area contributed by atoms with Crippen LogP contribution in [0.5, 0.6) is 0 Å². The third-order valence-electron chi connectivity index (χ3n) is 1.22. The Bertz CT molecular complexity index is 226. The standard InChI is InChI=1S/C6H8BrN3O/c7-1-5(11)4-2-9-6(8)10-3-4/h2-3,5,11H,1H2,(H2,8,9,10). The van der Waals surface area contributed by atoms with E-state index in [0.29, 0.717) is 10.9 Å². The summed E-state index contributed by atoms with van der Waals surface area (Å²) in [5.74, 6) is 0.218. The van der Waals surface area contributed by atoms with Crippen LogP contribution in [0.4, 0.5) is 5.95 Å². The van der Waals surface area contributed by atoms with E-state index < -0.39 is 6.10 Å². The lowest BCUT2D eigenvalue weighted by molar-refractivity contribution is 0.204. The summed E-state index contributed by atoms with van der Waals surface area (Å²) >= 11 is 3.13. The number of nitrogen functional groups attached to an aromatic ring is 1. The number of alkyl halides is 1. The van der Waals surface area contributed by atoms with Crippen LogP contribution >= 0.6 is 15.9 Å². The highest BCUT2D eigenvalue weighted by molar-refractivity contribution is 9.09. The van der Waals surface area contributed by atoms with E-state index in [9.17, 15) is 5.11 Å². The zero-order valence-corrected chi connectivity index (χ0v) is 7.32. The molecule has 0 radical (unpaired) electrons. The van der Waals surface area contributed by atoms with Crippen LogP contribution < -0.4 is 5.73 Å². The molecule has 0 aliphatic heterocycles. The number of anilines is 1. The van der Waals surface area contributed by atoms with Gasteiger partial charge in [0.25, 0.3) is 0 Å². The first-order chi connectivity index (χ1) is 5.24. The fourth-order valence-electron chi connectivity index (χ4n) is 0.609. The van der Waals surface area contributed by atoms with Gasteiger partial charge in [0.05, 0.1) is 6.10 Å². The number of nitrogens with two attached hydrogens (primary N) is 1. The zero-order chi connectivity index (χ0) is 8.27. The van der Waals surface area contributed by atoms with Crippen LogP contribution in [0.2, 0.25) is 0 Å². The van der Waals surface area contributed by atoms with Crippen LogP contribution in [0.15, 0.2) is 12.4 Å². The first-order valence-corrected chi connectivity index (χ1v) is 4.17. The maximum absolute atomic E-state index is 9.25. The molecule has 0 saturated heterocycles. The van der Waals surface area contributed by atoms with Crippen LogP contribution in [0.3, 0.4) is 0 Å². The van der Waals surface area contributed by atoms with Gasteiger partial charge in [-0.05, 0) is 0 Å². The SMILES string of the molecule is Nc1ncc(C(O)CBr)cn1. The first kappa shape index (κ1) is 8.42. The minimum atomic E-state index is -0.560. The molecule has 1 heterocycles. The van der Waals surface area contributed by atoms with Gasteiger partial charge in [-0.1, -0.05) is 15.9 Å². The van der Waals surface area contributed by atoms with Gasteiger partial charge in [-0.15, -0.1) is 0 Å². The predicted molar refractivity (Wildman–Crippen MR) is 45.2 cm³/mol. The maximum atomic E-state index is 9.25. The van der Waals surface area contributed by atoms with Gasteiger partial charge in [-0.25, -0.2) is 9.97 Å². The molecule has 0 fully saturated rings. The molecular formula is C6H8BrN3O. The van der Waals surface area contributed by atoms with E-state index in [4.69, 9.17) is 5.73 Å². The molecular weight excluding hydrogens is 210 g/mol. The van der Waals surface area contributed by atoms with Crippen LogP contribution in [-0.2, 0) is 0 Å². The molecule has 1 rings (SSSR count). The summed E-state index contributed by atoms with van der Waals surface area (Å²) in [6.07, 6.45) is 2.46. The van der Waals surface area contributed by atoms with E-state index >= 15 is 0 Å². The first-order valence-electron chi connectivity index (χ1n) is 3.05. The summed E-state index contributed by atoms with van der Waals surface area (Å²) in [6.45, 7) is 0. The third kappa shape index (κ3) is 2.13. The molecule has 0 amide bonds. The quantitative estimate of drug-likeness (QED) is 0.708. The minimum absolute atomic E-state index is 0.218. The average molecular weight is 218 g/mol. The highest BCUT2D eigenvalue weighted by Gasteiger charge is 2.05. The summed E-state index contributed by atoms with van der Waals surface area (Å²) in [7, 11) is 0. The molecule has 5 heteroatoms. The molecule has 0 aromatic carbocycles. The van der Waals surface area contributed by atoms with Crippen LogP contribution in [0, 0.1) is 0 Å². The Morgan fingerprint density at radius 3 is 2.55 bits per heavy atom. The van der Waals surface area contributed by atoms with Crippen molar-refractivity contribution in [3.63, 3.8) is 0 Å². The van der Waals surface area contributed by atoms with Crippen molar-refractivity contribution >= 4 is 21.9 Å². The largest absolute Gasteiger partial charge is 0.387 e. The van der Waals surface area contributed by atoms with Gasteiger partial charge in [0.2, 0.25) is 5.95 Å². The Hall–Kier alpha value is -0.680. The van der Waals surface area contributed by atoms with Gasteiger partial charge >= 0.3 is 0 Å². The number of halogens is 1. The molecule has 3 N–H and O–H groups in total. The van der Waals surface area contributed by atoms with E-state index in [-0.39, 0.29) is 5.95 Å². The van der Waals surface area contributed by atoms with Crippen LogP contribution in [0.1, 0.15) is 11.7 Å². The monoisotopic (exact) mass is 217 g/mol. The number of aliphatic hydroxyl groups excluding tert-OH is 1. The number of hydrogen-bond donors (Lipinski definition) is 2. The second-order valence-corrected chi connectivity index (χ2v) is 2.69. The number of hydrogen-bond acceptors (Lipinski definition) is 4. The summed E-state index contributed by atoms with van der Waals surface area (Å²) < 4.78 is 0. The Kier molecular flexibility index (Phi) is 2.78. The lowest BCUT2D eigenvalue weighted by Gasteiger charge is -2.04. The number of aromatic nitrogens is 2. The number of nitrogens with zero attached hydrogens (tertiary/aromatic N) is 2. The van der Waals surface area contributed by atoms with E-state index in [0.717, 1.165) is 0 Å². The van der Waals surface area contributed by atoms with E-state index in [2.05, 4.69) is 25.9 Å². The molecule has 4 nitrogen and oxygen atoms in total. The molecule has 1 aromatic heterocycles. The topological polar surface area (TPSA) is 72.0 Å². The van der Waals surface area contributed by atoms with Gasteiger partial charge in [-0.3, -0.25) is 0 Å². The Morgan fingerprint density at radius 2 is 2.09 bits per heavy atom. The van der Waals surface area contributed by atoms with Gasteiger partial charge in [0.1, 0.15) is 0 Å². The molecule has 0 saturated carbocycles. The van der Waals surface area contributed by atoms with Crippen molar-refractivity contribution in [3.05, 3.63) is 18.0 Å². The van der Waals surface area contributed by atoms with E-state index in [1.807, 2.05) is 0 Å². The summed E-state index contributed by atoms with van der Waals surface area (Å²) in [4.78, 5) is 7.47. The van der Waals surface area contributed by atoms with Crippen molar-refractivity contribution < 1.29 is 5.11 Å². The lowest BCUT2D eigenvalue weighted by atomic mass is 10.2. The van der Waals surface area contributed by atoms with Crippen molar-refractivity contribution in [2.45, 2.75) is 6.10 Å². The molecule has 1 atom stereocenters. The molecule has 0 aliphatic rings. The van der Waals surface area contributed by atoms with E-state index in [1.54, 1.807) is 0 Å². The Balaban J connectivity index is 2.81. The van der Waals surface area contributed by atoms with Crippen molar-refractivity contribution in [1.82, 2.24) is 9.97 Å². The van der Waals surface area contributed by atoms with Gasteiger partial charge in [0.15, 0.2) is 0 Å². The second-order valence-electron chi connectivity index (χ2n) is 2.04. The fraction of sp³-hybridized carbons (Fsp3) is 0.333. The van der Waals surface area contributed by atoms with Gasteiger partial charge < -0.3 is 10.8 Å². The predicted octanol–water partition coefficient (Wildman–Crippen LogP) is 0.487. The van der Waals surface area contributed by atoms with Gasteiger partial charge in [-0.2, -0.15) is 0 Å². The normalized spacial score (nSPS) is 12.9. The summed E-state index contributed by atoms with van der Waals surface area (Å²) in [5.41, 5.74) is 5.92. The molecule has 60 valence electrons. The van der Waals surface area contributed by atoms with Crippen molar-refractivity contribution in [2.75, 3.05) is 11.1 Å². The minimum Gasteiger partial charge on any atom is -0.387 e. The van der Waals surface area contributed by atoms with Crippen LogP contribution in [0.25, 0.3) is 0 Å². The second kappa shape index (κ2) is 3.64. The Labute approximate surface area is 72.6 Å². The molecule has 0 bridgehead atoms. The lowest BCUT2D eigenvalue weighted by Crippen LogP contribution is -2.01. The highest BCUT2D eigenvalue weighted by atomic mass is 79.9. The smallest absolute Gasteiger partial charge is 0.219 e. The summed E-state index contributed by atoms with van der Waals surface area (Å²) in [5, 5.41) is 9.72. The number of rotatable bonds is 2. The average Bonchev–Trinajstić information content (AvgIpc) is 2.05. The third-order valence-corrected chi connectivity index (χ3v) is 1.84. The molecule has 0 spiro atoms. The fourth-order valence-corrected chi connectivity index (χ4v) is 0.983. The van der Waals surface area contributed by atoms with Crippen molar-refractivity contribution in [3.8, 4) is 0 Å². The molecule has 11 heavy (non-hydrogen) atoms. The summed E-state index contributed by atoms with van der Waals surface area (Å²) in [6, 6.07) is 0. The highest BCUT2D eigenvalue weighted by Crippen LogP contribution is 2.12. The molecule has 0 aliphatic carbocycles. The zero-order valence-electron chi connectivity index (χ0n) is 5.74. The van der Waals surface area contributed by atoms with E-state index in [1.165, 1.54) is 12.4 Å². The molecule has 1 unspecified atom stereocenters. The number of aliphatic hydroxyl groups is 1. The maximum Gasteiger partial charge on any atom is 0.219 e. The van der Waals surface area contributed by atoms with Crippen molar-refractivity contribution in [1.29, 1.82) is 0 Å². The van der Waals surface area contributed by atoms with Gasteiger partial charge in [0, 0.05) is 23.3 Å². The Morgan fingerprint density at radius 1 is 1.55 bits per heavy atom. The van der Waals surface area contributed by atoms with Crippen LogP contribution in [-0.4, -0.2) is 20.4 Å². The molecule has 1 aromatic rings. The van der Waals surface area contributed by atoms with Crippen molar-refractivity contribution in [2.24, 2.45) is 0 Å².